The molecule has 0 bridgehead atoms. The second kappa shape index (κ2) is 8.91. The van der Waals surface area contributed by atoms with Gasteiger partial charge in [-0.25, -0.2) is 9.18 Å². The third-order valence-corrected chi connectivity index (χ3v) is 4.97. The van der Waals surface area contributed by atoms with E-state index < -0.39 is 35.7 Å². The van der Waals surface area contributed by atoms with Crippen LogP contribution >= 0.6 is 0 Å². The maximum atomic E-state index is 14.5. The highest BCUT2D eigenvalue weighted by molar-refractivity contribution is 6.02. The van der Waals surface area contributed by atoms with E-state index in [1.807, 2.05) is 0 Å². The molecule has 0 aromatic heterocycles. The van der Waals surface area contributed by atoms with Crippen molar-refractivity contribution in [3.8, 4) is 5.75 Å². The van der Waals surface area contributed by atoms with Gasteiger partial charge in [-0.3, -0.25) is 14.5 Å². The SMILES string of the molecule is CC(Oc1ccccc1C(N)=O)c1ccc(F)c(C(=O)C2CNCCN2C(=O)O)c1. The monoisotopic (exact) mass is 415 g/mol. The van der Waals surface area contributed by atoms with E-state index in [0.717, 1.165) is 11.0 Å². The summed E-state index contributed by atoms with van der Waals surface area (Å²) in [6, 6.07) is 9.40. The number of primary amides is 1. The average Bonchev–Trinajstić information content (AvgIpc) is 2.73. The Balaban J connectivity index is 1.87. The fourth-order valence-corrected chi connectivity index (χ4v) is 3.36. The van der Waals surface area contributed by atoms with E-state index in [0.29, 0.717) is 12.1 Å². The Morgan fingerprint density at radius 3 is 2.67 bits per heavy atom. The normalized spacial score (nSPS) is 17.3. The topological polar surface area (TPSA) is 122 Å². The van der Waals surface area contributed by atoms with Crippen molar-refractivity contribution >= 4 is 17.8 Å². The molecule has 2 aromatic carbocycles. The Hall–Kier alpha value is -3.46. The lowest BCUT2D eigenvalue weighted by atomic mass is 9.97. The summed E-state index contributed by atoms with van der Waals surface area (Å²) < 4.78 is 20.3. The summed E-state index contributed by atoms with van der Waals surface area (Å²) >= 11 is 0. The van der Waals surface area contributed by atoms with Crippen molar-refractivity contribution in [2.45, 2.75) is 19.1 Å². The van der Waals surface area contributed by atoms with E-state index in [4.69, 9.17) is 10.5 Å². The molecule has 2 amide bonds. The quantitative estimate of drug-likeness (QED) is 0.622. The van der Waals surface area contributed by atoms with E-state index in [1.54, 1.807) is 25.1 Å². The van der Waals surface area contributed by atoms with Crippen LogP contribution in [0.1, 0.15) is 39.3 Å². The van der Waals surface area contributed by atoms with Crippen molar-refractivity contribution < 1.29 is 28.6 Å². The molecule has 9 heteroatoms. The number of nitrogens with one attached hydrogen (secondary N) is 1. The maximum absolute atomic E-state index is 14.5. The van der Waals surface area contributed by atoms with E-state index in [1.165, 1.54) is 18.2 Å². The minimum atomic E-state index is -1.23. The lowest BCUT2D eigenvalue weighted by Crippen LogP contribution is -2.56. The van der Waals surface area contributed by atoms with Crippen LogP contribution in [0.5, 0.6) is 5.75 Å². The average molecular weight is 415 g/mol. The molecule has 8 nitrogen and oxygen atoms in total. The zero-order valence-corrected chi connectivity index (χ0v) is 16.3. The van der Waals surface area contributed by atoms with E-state index >= 15 is 0 Å². The summed E-state index contributed by atoms with van der Waals surface area (Å²) in [5.41, 5.74) is 5.84. The summed E-state index contributed by atoms with van der Waals surface area (Å²) in [7, 11) is 0. The summed E-state index contributed by atoms with van der Waals surface area (Å²) in [4.78, 5) is 37.0. The highest BCUT2D eigenvalue weighted by atomic mass is 19.1. The minimum absolute atomic E-state index is 0.104. The molecule has 158 valence electrons. The number of halogens is 1. The van der Waals surface area contributed by atoms with Gasteiger partial charge in [0.05, 0.1) is 11.1 Å². The van der Waals surface area contributed by atoms with Gasteiger partial charge in [-0.15, -0.1) is 0 Å². The fourth-order valence-electron chi connectivity index (χ4n) is 3.36. The third kappa shape index (κ3) is 4.41. The van der Waals surface area contributed by atoms with Crippen LogP contribution in [0.25, 0.3) is 0 Å². The molecule has 30 heavy (non-hydrogen) atoms. The van der Waals surface area contributed by atoms with Crippen molar-refractivity contribution in [1.29, 1.82) is 0 Å². The molecule has 4 N–H and O–H groups in total. The molecule has 1 fully saturated rings. The number of hydrogen-bond donors (Lipinski definition) is 3. The molecule has 1 aliphatic rings. The molecule has 0 saturated carbocycles. The molecule has 1 saturated heterocycles. The van der Waals surface area contributed by atoms with Gasteiger partial charge in [-0.05, 0) is 36.8 Å². The predicted octanol–water partition coefficient (Wildman–Crippen LogP) is 2.20. The lowest BCUT2D eigenvalue weighted by Gasteiger charge is -2.33. The van der Waals surface area contributed by atoms with Gasteiger partial charge >= 0.3 is 6.09 Å². The summed E-state index contributed by atoms with van der Waals surface area (Å²) in [5.74, 6) is -1.76. The van der Waals surface area contributed by atoms with Crippen LogP contribution in [-0.2, 0) is 0 Å². The van der Waals surface area contributed by atoms with Gasteiger partial charge in [0.15, 0.2) is 5.78 Å². The number of hydrogen-bond acceptors (Lipinski definition) is 5. The highest BCUT2D eigenvalue weighted by Gasteiger charge is 2.34. The van der Waals surface area contributed by atoms with Gasteiger partial charge < -0.3 is 20.9 Å². The highest BCUT2D eigenvalue weighted by Crippen LogP contribution is 2.27. The molecule has 0 aliphatic carbocycles. The zero-order valence-electron chi connectivity index (χ0n) is 16.3. The first-order valence-corrected chi connectivity index (χ1v) is 9.39. The van der Waals surface area contributed by atoms with Crippen LogP contribution in [-0.4, -0.2) is 53.5 Å². The number of para-hydroxylation sites is 1. The van der Waals surface area contributed by atoms with Crippen LogP contribution in [0.2, 0.25) is 0 Å². The number of ketones is 1. The van der Waals surface area contributed by atoms with E-state index in [2.05, 4.69) is 5.32 Å². The Bertz CT molecular complexity index is 981. The van der Waals surface area contributed by atoms with Crippen LogP contribution in [0.15, 0.2) is 42.5 Å². The molecule has 0 spiro atoms. The lowest BCUT2D eigenvalue weighted by molar-refractivity contribution is 0.0737. The number of amides is 2. The Morgan fingerprint density at radius 1 is 1.23 bits per heavy atom. The number of carboxylic acid groups (broad SMARTS) is 1. The molecule has 3 rings (SSSR count). The zero-order chi connectivity index (χ0) is 21.8. The number of nitrogens with zero attached hydrogens (tertiary/aromatic N) is 1. The molecule has 2 atom stereocenters. The smallest absolute Gasteiger partial charge is 0.408 e. The van der Waals surface area contributed by atoms with Crippen molar-refractivity contribution in [3.63, 3.8) is 0 Å². The molecule has 2 aromatic rings. The standard InChI is InChI=1S/C21H22FN3O5/c1-12(30-18-5-3-2-4-14(18)20(23)27)13-6-7-16(22)15(10-13)19(26)17-11-24-8-9-25(17)21(28)29/h2-7,10,12,17,24H,8-9,11H2,1H3,(H2,23,27)(H,28,29). The summed E-state index contributed by atoms with van der Waals surface area (Å²) in [6.07, 6.45) is -1.86. The number of ether oxygens (including phenoxy) is 1. The summed E-state index contributed by atoms with van der Waals surface area (Å²) in [6.45, 7) is 2.34. The Kier molecular flexibility index (Phi) is 6.31. The minimum Gasteiger partial charge on any atom is -0.485 e. The third-order valence-electron chi connectivity index (χ3n) is 4.97. The number of piperazine rings is 1. The predicted molar refractivity (Wildman–Crippen MR) is 106 cm³/mol. The first-order valence-electron chi connectivity index (χ1n) is 9.39. The van der Waals surface area contributed by atoms with Gasteiger partial charge in [-0.1, -0.05) is 18.2 Å². The van der Waals surface area contributed by atoms with E-state index in [-0.39, 0.29) is 30.0 Å². The van der Waals surface area contributed by atoms with Crippen molar-refractivity contribution in [2.75, 3.05) is 19.6 Å². The Labute approximate surface area is 172 Å². The van der Waals surface area contributed by atoms with Crippen molar-refractivity contribution in [1.82, 2.24) is 10.2 Å². The van der Waals surface area contributed by atoms with E-state index in [9.17, 15) is 23.9 Å². The first kappa shape index (κ1) is 21.3. The maximum Gasteiger partial charge on any atom is 0.408 e. The van der Waals surface area contributed by atoms with Crippen LogP contribution in [0, 0.1) is 5.82 Å². The molecular formula is C21H22FN3O5. The fraction of sp³-hybridized carbons (Fsp3) is 0.286. The number of carbonyl (C=O) groups excluding carboxylic acids is 2. The van der Waals surface area contributed by atoms with Crippen molar-refractivity contribution in [3.05, 3.63) is 65.0 Å². The number of nitrogens with two attached hydrogens (primary N) is 1. The van der Waals surface area contributed by atoms with Crippen molar-refractivity contribution in [2.24, 2.45) is 5.73 Å². The van der Waals surface area contributed by atoms with Gasteiger partial charge in [0, 0.05) is 19.6 Å². The van der Waals surface area contributed by atoms with Gasteiger partial charge in [-0.2, -0.15) is 0 Å². The largest absolute Gasteiger partial charge is 0.485 e. The van der Waals surface area contributed by atoms with Gasteiger partial charge in [0.25, 0.3) is 5.91 Å². The molecule has 1 heterocycles. The second-order valence-corrected chi connectivity index (χ2v) is 6.92. The molecular weight excluding hydrogens is 393 g/mol. The first-order chi connectivity index (χ1) is 14.3. The number of Topliss-reactive ketones (excluding diaryl/α,β-unsaturated/α-hetero) is 1. The second-order valence-electron chi connectivity index (χ2n) is 6.92. The number of benzene rings is 2. The molecule has 1 aliphatic heterocycles. The molecule has 2 unspecified atom stereocenters. The van der Waals surface area contributed by atoms with Crippen LogP contribution in [0.4, 0.5) is 9.18 Å². The van der Waals surface area contributed by atoms with Gasteiger partial charge in [0.1, 0.15) is 23.7 Å². The van der Waals surface area contributed by atoms with Crippen LogP contribution < -0.4 is 15.8 Å². The number of rotatable bonds is 6. The van der Waals surface area contributed by atoms with Gasteiger partial charge in [0.2, 0.25) is 0 Å². The molecule has 0 radical (unpaired) electrons. The van der Waals surface area contributed by atoms with Crippen LogP contribution in [0.3, 0.4) is 0 Å². The summed E-state index contributed by atoms with van der Waals surface area (Å²) in [5, 5.41) is 12.3. The number of carbonyl (C=O) groups is 3. The Morgan fingerprint density at radius 2 is 1.97 bits per heavy atom.